The van der Waals surface area contributed by atoms with Crippen LogP contribution in [0.15, 0.2) is 43.0 Å². The Morgan fingerprint density at radius 1 is 1.41 bits per heavy atom. The summed E-state index contributed by atoms with van der Waals surface area (Å²) in [5.74, 6) is -0.0995. The molecule has 1 aromatic heterocycles. The highest BCUT2D eigenvalue weighted by molar-refractivity contribution is 6.53. The lowest BCUT2D eigenvalue weighted by molar-refractivity contribution is -0.125. The number of aromatic nitrogens is 2. The second-order valence-electron chi connectivity index (χ2n) is 5.95. The molecule has 116 valence electrons. The fourth-order valence-corrected chi connectivity index (χ4v) is 3.16. The number of benzene rings is 1. The van der Waals surface area contributed by atoms with Crippen LogP contribution in [0.4, 0.5) is 0 Å². The van der Waals surface area contributed by atoms with E-state index >= 15 is 0 Å². The number of hydrogen-bond donors (Lipinski definition) is 1. The maximum absolute atomic E-state index is 12.2. The van der Waals surface area contributed by atoms with E-state index in [0.29, 0.717) is 13.0 Å². The number of alkyl halides is 2. The number of amides is 1. The number of hydrogen-bond acceptors (Lipinski definition) is 2. The van der Waals surface area contributed by atoms with Crippen molar-refractivity contribution in [3.8, 4) is 0 Å². The van der Waals surface area contributed by atoms with E-state index in [9.17, 15) is 4.79 Å². The predicted octanol–water partition coefficient (Wildman–Crippen LogP) is 3.13. The Hall–Kier alpha value is -1.52. The van der Waals surface area contributed by atoms with E-state index < -0.39 is 9.75 Å². The number of halogens is 2. The summed E-state index contributed by atoms with van der Waals surface area (Å²) in [4.78, 5) is 16.2. The number of carbonyl (C=O) groups excluding carboxylic acids is 1. The predicted molar refractivity (Wildman–Crippen MR) is 86.8 cm³/mol. The van der Waals surface area contributed by atoms with Crippen LogP contribution in [-0.4, -0.2) is 19.8 Å². The summed E-state index contributed by atoms with van der Waals surface area (Å²) in [6, 6.07) is 8.10. The summed E-state index contributed by atoms with van der Waals surface area (Å²) in [5, 5.41) is 2.92. The first kappa shape index (κ1) is 15.4. The minimum Gasteiger partial charge on any atom is -0.351 e. The quantitative estimate of drug-likeness (QED) is 0.852. The molecule has 2 aromatic rings. The lowest BCUT2D eigenvalue weighted by Crippen LogP contribution is -2.32. The molecular formula is C16H17Cl2N3O. The van der Waals surface area contributed by atoms with E-state index in [4.69, 9.17) is 23.2 Å². The summed E-state index contributed by atoms with van der Waals surface area (Å²) in [5.41, 5.74) is 1.53. The highest BCUT2D eigenvalue weighted by Gasteiger charge is 2.67. The van der Waals surface area contributed by atoms with Crippen molar-refractivity contribution in [2.24, 2.45) is 5.41 Å². The van der Waals surface area contributed by atoms with Gasteiger partial charge in [0.15, 0.2) is 0 Å². The van der Waals surface area contributed by atoms with Gasteiger partial charge in [-0.15, -0.1) is 23.2 Å². The fourth-order valence-electron chi connectivity index (χ4n) is 2.45. The van der Waals surface area contributed by atoms with Crippen LogP contribution in [-0.2, 0) is 17.9 Å². The summed E-state index contributed by atoms with van der Waals surface area (Å²) in [7, 11) is 0. The molecule has 1 aliphatic carbocycles. The van der Waals surface area contributed by atoms with Gasteiger partial charge in [0.05, 0.1) is 11.7 Å². The molecule has 1 fully saturated rings. The first-order valence-electron chi connectivity index (χ1n) is 7.10. The normalized spacial score (nSPS) is 22.3. The van der Waals surface area contributed by atoms with E-state index in [1.54, 1.807) is 19.4 Å². The molecule has 0 saturated heterocycles. The standard InChI is InChI=1S/C16H17Cl2N3O/c1-15(10-16(15,17)18)14(22)20-8-12-3-2-4-13(7-12)9-21-6-5-19-11-21/h2-7,11H,8-10H2,1H3,(H,20,22). The van der Waals surface area contributed by atoms with Gasteiger partial charge in [-0.25, -0.2) is 4.98 Å². The smallest absolute Gasteiger partial charge is 0.229 e. The van der Waals surface area contributed by atoms with Crippen LogP contribution < -0.4 is 5.32 Å². The maximum atomic E-state index is 12.2. The molecule has 22 heavy (non-hydrogen) atoms. The molecule has 0 bridgehead atoms. The summed E-state index contributed by atoms with van der Waals surface area (Å²) >= 11 is 12.1. The van der Waals surface area contributed by atoms with Crippen molar-refractivity contribution in [1.29, 1.82) is 0 Å². The zero-order valence-corrected chi connectivity index (χ0v) is 13.7. The highest BCUT2D eigenvalue weighted by Crippen LogP contribution is 2.63. The second-order valence-corrected chi connectivity index (χ2v) is 7.43. The van der Waals surface area contributed by atoms with Gasteiger partial charge in [-0.2, -0.15) is 0 Å². The van der Waals surface area contributed by atoms with Crippen molar-refractivity contribution in [2.45, 2.75) is 30.8 Å². The third kappa shape index (κ3) is 2.99. The monoisotopic (exact) mass is 337 g/mol. The van der Waals surface area contributed by atoms with E-state index in [2.05, 4.69) is 22.4 Å². The highest BCUT2D eigenvalue weighted by atomic mass is 35.5. The summed E-state index contributed by atoms with van der Waals surface area (Å²) in [6.07, 6.45) is 5.95. The van der Waals surface area contributed by atoms with E-state index in [1.807, 2.05) is 22.9 Å². The van der Waals surface area contributed by atoms with Crippen molar-refractivity contribution in [1.82, 2.24) is 14.9 Å². The van der Waals surface area contributed by atoms with Crippen molar-refractivity contribution < 1.29 is 4.79 Å². The lowest BCUT2D eigenvalue weighted by Gasteiger charge is -2.13. The minimum absolute atomic E-state index is 0.0995. The zero-order valence-electron chi connectivity index (χ0n) is 12.2. The van der Waals surface area contributed by atoms with Gasteiger partial charge >= 0.3 is 0 Å². The minimum atomic E-state index is -0.930. The van der Waals surface area contributed by atoms with Crippen LogP contribution in [0.1, 0.15) is 24.5 Å². The Morgan fingerprint density at radius 3 is 2.77 bits per heavy atom. The Morgan fingerprint density at radius 2 is 2.14 bits per heavy atom. The van der Waals surface area contributed by atoms with Crippen LogP contribution in [0.5, 0.6) is 0 Å². The van der Waals surface area contributed by atoms with Crippen molar-refractivity contribution in [2.75, 3.05) is 0 Å². The average molecular weight is 338 g/mol. The molecule has 1 heterocycles. The fraction of sp³-hybridized carbons (Fsp3) is 0.375. The molecular weight excluding hydrogens is 321 g/mol. The van der Waals surface area contributed by atoms with Crippen LogP contribution in [0.3, 0.4) is 0 Å². The van der Waals surface area contributed by atoms with Gasteiger partial charge < -0.3 is 9.88 Å². The van der Waals surface area contributed by atoms with Gasteiger partial charge in [-0.3, -0.25) is 4.79 Å². The molecule has 1 unspecified atom stereocenters. The number of imidazole rings is 1. The van der Waals surface area contributed by atoms with Gasteiger partial charge in [0.25, 0.3) is 0 Å². The zero-order chi connectivity index (χ0) is 15.8. The van der Waals surface area contributed by atoms with Gasteiger partial charge in [0, 0.05) is 25.5 Å². The third-order valence-electron chi connectivity index (χ3n) is 4.13. The molecule has 0 radical (unpaired) electrons. The van der Waals surface area contributed by atoms with Gasteiger partial charge in [0.2, 0.25) is 5.91 Å². The molecule has 1 N–H and O–H groups in total. The number of carbonyl (C=O) groups is 1. The van der Waals surface area contributed by atoms with Crippen LogP contribution in [0, 0.1) is 5.41 Å². The maximum Gasteiger partial charge on any atom is 0.229 e. The Balaban J connectivity index is 1.60. The van der Waals surface area contributed by atoms with E-state index in [0.717, 1.165) is 17.7 Å². The van der Waals surface area contributed by atoms with Gasteiger partial charge in [0.1, 0.15) is 4.33 Å². The largest absolute Gasteiger partial charge is 0.351 e. The summed E-state index contributed by atoms with van der Waals surface area (Å²) < 4.78 is 1.07. The molecule has 1 saturated carbocycles. The number of nitrogens with zero attached hydrogens (tertiary/aromatic N) is 2. The molecule has 1 amide bonds. The molecule has 1 aliphatic rings. The van der Waals surface area contributed by atoms with Crippen molar-refractivity contribution >= 4 is 29.1 Å². The first-order chi connectivity index (χ1) is 10.4. The molecule has 6 heteroatoms. The van der Waals surface area contributed by atoms with Crippen molar-refractivity contribution in [3.05, 3.63) is 54.1 Å². The first-order valence-corrected chi connectivity index (χ1v) is 7.86. The van der Waals surface area contributed by atoms with Gasteiger partial charge in [-0.05, 0) is 24.5 Å². The van der Waals surface area contributed by atoms with Crippen LogP contribution >= 0.6 is 23.2 Å². The SMILES string of the molecule is CC1(C(=O)NCc2cccc(Cn3ccnc3)c2)CC1(Cl)Cl. The number of nitrogens with one attached hydrogen (secondary N) is 1. The Kier molecular flexibility index (Phi) is 3.91. The summed E-state index contributed by atoms with van der Waals surface area (Å²) in [6.45, 7) is 3.01. The lowest BCUT2D eigenvalue weighted by atomic mass is 10.1. The topological polar surface area (TPSA) is 46.9 Å². The molecule has 0 aliphatic heterocycles. The van der Waals surface area contributed by atoms with Crippen LogP contribution in [0.2, 0.25) is 0 Å². The number of rotatable bonds is 5. The van der Waals surface area contributed by atoms with Gasteiger partial charge in [-0.1, -0.05) is 24.3 Å². The molecule has 3 rings (SSSR count). The van der Waals surface area contributed by atoms with Crippen molar-refractivity contribution in [3.63, 3.8) is 0 Å². The Bertz CT molecular complexity index is 684. The molecule has 0 spiro atoms. The van der Waals surface area contributed by atoms with Crippen LogP contribution in [0.25, 0.3) is 0 Å². The Labute approximate surface area is 139 Å². The van der Waals surface area contributed by atoms with E-state index in [-0.39, 0.29) is 5.91 Å². The molecule has 1 atom stereocenters. The average Bonchev–Trinajstić information content (AvgIpc) is 2.82. The molecule has 4 nitrogen and oxygen atoms in total. The van der Waals surface area contributed by atoms with E-state index in [1.165, 1.54) is 0 Å². The molecule has 1 aromatic carbocycles. The third-order valence-corrected chi connectivity index (χ3v) is 5.23. The second kappa shape index (κ2) is 5.60.